The molecule has 0 unspecified atom stereocenters. The van der Waals surface area contributed by atoms with Crippen LogP contribution in [-0.2, 0) is 0 Å². The van der Waals surface area contributed by atoms with Gasteiger partial charge in [0.1, 0.15) is 0 Å². The van der Waals surface area contributed by atoms with Crippen molar-refractivity contribution in [2.45, 2.75) is 0 Å². The average molecular weight is 500 g/mol. The molecule has 0 heterocycles. The Hall–Kier alpha value is -5.14. The molecule has 0 atom stereocenters. The lowest BCUT2D eigenvalue weighted by Gasteiger charge is -2.26. The lowest BCUT2D eigenvalue weighted by molar-refractivity contribution is 1.28. The number of para-hydroxylation sites is 1. The summed E-state index contributed by atoms with van der Waals surface area (Å²) in [6, 6.07) is 57.8. The second-order valence-electron chi connectivity index (χ2n) is 9.50. The maximum atomic E-state index is 2.31. The van der Waals surface area contributed by atoms with Gasteiger partial charge in [0.25, 0.3) is 0 Å². The van der Waals surface area contributed by atoms with Crippen LogP contribution in [0.15, 0.2) is 164 Å². The predicted molar refractivity (Wildman–Crippen MR) is 167 cm³/mol. The van der Waals surface area contributed by atoms with Crippen LogP contribution in [0.1, 0.15) is 11.1 Å². The summed E-state index contributed by atoms with van der Waals surface area (Å²) in [6.07, 6.45) is 4.33. The first kappa shape index (κ1) is 24.2. The fourth-order valence-electron chi connectivity index (χ4n) is 4.84. The standard InChI is InChI=1S/C38H29N/c1-4-11-30(12-5-1)19-20-31-13-10-18-38(29-31)39(36-16-8-3-9-17-36)37-27-25-35(26-28-37)34-23-21-33(22-24-34)32-14-6-2-7-15-32/h1-29H/b20-19+. The zero-order valence-electron chi connectivity index (χ0n) is 21.7. The molecule has 1 nitrogen and oxygen atoms in total. The third-order valence-electron chi connectivity index (χ3n) is 6.86. The van der Waals surface area contributed by atoms with E-state index in [0.29, 0.717) is 0 Å². The van der Waals surface area contributed by atoms with Crippen molar-refractivity contribution in [1.82, 2.24) is 0 Å². The Morgan fingerprint density at radius 3 is 1.33 bits per heavy atom. The molecule has 186 valence electrons. The van der Waals surface area contributed by atoms with E-state index in [2.05, 4.69) is 175 Å². The first-order valence-corrected chi connectivity index (χ1v) is 13.3. The Kier molecular flexibility index (Phi) is 7.14. The maximum Gasteiger partial charge on any atom is 0.0467 e. The van der Waals surface area contributed by atoms with Gasteiger partial charge in [0.05, 0.1) is 0 Å². The van der Waals surface area contributed by atoms with Crippen LogP contribution in [0.3, 0.4) is 0 Å². The van der Waals surface area contributed by atoms with Crippen molar-refractivity contribution in [2.24, 2.45) is 0 Å². The van der Waals surface area contributed by atoms with Crippen LogP contribution in [-0.4, -0.2) is 0 Å². The molecular weight excluding hydrogens is 470 g/mol. The smallest absolute Gasteiger partial charge is 0.0467 e. The highest BCUT2D eigenvalue weighted by molar-refractivity contribution is 5.81. The van der Waals surface area contributed by atoms with Crippen LogP contribution in [0, 0.1) is 0 Å². The molecular formula is C38H29N. The molecule has 1 heteroatoms. The Morgan fingerprint density at radius 2 is 0.718 bits per heavy atom. The molecule has 0 fully saturated rings. The first-order valence-electron chi connectivity index (χ1n) is 13.3. The van der Waals surface area contributed by atoms with Gasteiger partial charge in [0.2, 0.25) is 0 Å². The second-order valence-corrected chi connectivity index (χ2v) is 9.50. The quantitative estimate of drug-likeness (QED) is 0.197. The van der Waals surface area contributed by atoms with Gasteiger partial charge in [-0.05, 0) is 69.8 Å². The van der Waals surface area contributed by atoms with Gasteiger partial charge in [-0.3, -0.25) is 0 Å². The van der Waals surface area contributed by atoms with E-state index >= 15 is 0 Å². The Balaban J connectivity index is 1.30. The van der Waals surface area contributed by atoms with E-state index in [1.54, 1.807) is 0 Å². The minimum Gasteiger partial charge on any atom is -0.310 e. The summed E-state index contributed by atoms with van der Waals surface area (Å²) < 4.78 is 0. The van der Waals surface area contributed by atoms with Gasteiger partial charge in [-0.1, -0.05) is 140 Å². The van der Waals surface area contributed by atoms with Crippen LogP contribution < -0.4 is 4.90 Å². The second kappa shape index (κ2) is 11.5. The molecule has 0 radical (unpaired) electrons. The Morgan fingerprint density at radius 1 is 0.308 bits per heavy atom. The molecule has 6 rings (SSSR count). The number of benzene rings is 6. The molecule has 0 saturated carbocycles. The molecule has 0 aliphatic carbocycles. The summed E-state index contributed by atoms with van der Waals surface area (Å²) >= 11 is 0. The minimum atomic E-state index is 1.12. The van der Waals surface area contributed by atoms with Crippen LogP contribution in [0.25, 0.3) is 34.4 Å². The van der Waals surface area contributed by atoms with Crippen molar-refractivity contribution < 1.29 is 0 Å². The van der Waals surface area contributed by atoms with Crippen LogP contribution in [0.4, 0.5) is 17.1 Å². The summed E-state index contributed by atoms with van der Waals surface area (Å²) in [5.74, 6) is 0. The van der Waals surface area contributed by atoms with Gasteiger partial charge in [-0.15, -0.1) is 0 Å². The van der Waals surface area contributed by atoms with Crippen LogP contribution >= 0.6 is 0 Å². The average Bonchev–Trinajstić information content (AvgIpc) is 3.02. The zero-order chi connectivity index (χ0) is 26.3. The van der Waals surface area contributed by atoms with Gasteiger partial charge in [-0.2, -0.15) is 0 Å². The monoisotopic (exact) mass is 499 g/mol. The zero-order valence-corrected chi connectivity index (χ0v) is 21.7. The molecule has 39 heavy (non-hydrogen) atoms. The van der Waals surface area contributed by atoms with Gasteiger partial charge < -0.3 is 4.90 Å². The number of nitrogens with zero attached hydrogens (tertiary/aromatic N) is 1. The summed E-state index contributed by atoms with van der Waals surface area (Å²) in [4.78, 5) is 2.31. The van der Waals surface area contributed by atoms with Gasteiger partial charge in [0, 0.05) is 17.1 Å². The summed E-state index contributed by atoms with van der Waals surface area (Å²) in [7, 11) is 0. The number of hydrogen-bond donors (Lipinski definition) is 0. The number of anilines is 3. The normalized spacial score (nSPS) is 11.0. The van der Waals surface area contributed by atoms with E-state index in [1.807, 2.05) is 6.07 Å². The van der Waals surface area contributed by atoms with Crippen molar-refractivity contribution in [2.75, 3.05) is 4.90 Å². The molecule has 6 aromatic rings. The lowest BCUT2D eigenvalue weighted by atomic mass is 10.00. The fraction of sp³-hybridized carbons (Fsp3) is 0. The van der Waals surface area contributed by atoms with E-state index < -0.39 is 0 Å². The molecule has 6 aromatic carbocycles. The molecule has 0 bridgehead atoms. The Labute approximate surface area is 231 Å². The Bertz CT molecular complexity index is 1650. The topological polar surface area (TPSA) is 3.24 Å². The molecule has 0 N–H and O–H groups in total. The van der Waals surface area contributed by atoms with Gasteiger partial charge >= 0.3 is 0 Å². The molecule has 0 aromatic heterocycles. The summed E-state index contributed by atoms with van der Waals surface area (Å²) in [5.41, 5.74) is 10.6. The van der Waals surface area contributed by atoms with E-state index in [0.717, 1.165) is 22.6 Å². The first-order chi connectivity index (χ1) is 19.3. The SMILES string of the molecule is C(=C\c1cccc(N(c2ccccc2)c2ccc(-c3ccc(-c4ccccc4)cc3)cc2)c1)/c1ccccc1. The van der Waals surface area contributed by atoms with Crippen molar-refractivity contribution in [3.8, 4) is 22.3 Å². The lowest BCUT2D eigenvalue weighted by Crippen LogP contribution is -2.09. The van der Waals surface area contributed by atoms with Crippen molar-refractivity contribution >= 4 is 29.2 Å². The molecule has 0 amide bonds. The van der Waals surface area contributed by atoms with E-state index in [1.165, 1.54) is 27.8 Å². The molecule has 0 aliphatic rings. The van der Waals surface area contributed by atoms with Crippen molar-refractivity contribution in [1.29, 1.82) is 0 Å². The largest absolute Gasteiger partial charge is 0.310 e. The van der Waals surface area contributed by atoms with Crippen LogP contribution in [0.5, 0.6) is 0 Å². The highest BCUT2D eigenvalue weighted by Gasteiger charge is 2.13. The highest BCUT2D eigenvalue weighted by Crippen LogP contribution is 2.36. The van der Waals surface area contributed by atoms with E-state index in [4.69, 9.17) is 0 Å². The molecule has 0 saturated heterocycles. The highest BCUT2D eigenvalue weighted by atomic mass is 15.1. The van der Waals surface area contributed by atoms with E-state index in [-0.39, 0.29) is 0 Å². The summed E-state index contributed by atoms with van der Waals surface area (Å²) in [6.45, 7) is 0. The maximum absolute atomic E-state index is 2.31. The fourth-order valence-corrected chi connectivity index (χ4v) is 4.84. The summed E-state index contributed by atoms with van der Waals surface area (Å²) in [5, 5.41) is 0. The predicted octanol–water partition coefficient (Wildman–Crippen LogP) is 10.7. The minimum absolute atomic E-state index is 1.12. The van der Waals surface area contributed by atoms with Gasteiger partial charge in [0.15, 0.2) is 0 Å². The number of rotatable bonds is 7. The third-order valence-corrected chi connectivity index (χ3v) is 6.86. The number of hydrogen-bond acceptors (Lipinski definition) is 1. The molecule has 0 aliphatic heterocycles. The van der Waals surface area contributed by atoms with Crippen LogP contribution in [0.2, 0.25) is 0 Å². The molecule has 0 spiro atoms. The van der Waals surface area contributed by atoms with Crippen molar-refractivity contribution in [3.05, 3.63) is 175 Å². The van der Waals surface area contributed by atoms with Crippen molar-refractivity contribution in [3.63, 3.8) is 0 Å². The van der Waals surface area contributed by atoms with Gasteiger partial charge in [-0.25, -0.2) is 0 Å². The van der Waals surface area contributed by atoms with E-state index in [9.17, 15) is 0 Å². The third kappa shape index (κ3) is 5.74.